The van der Waals surface area contributed by atoms with Gasteiger partial charge in [-0.3, -0.25) is 4.79 Å². The largest absolute Gasteiger partial charge is 0.352 e. The highest BCUT2D eigenvalue weighted by molar-refractivity contribution is 14.1. The summed E-state index contributed by atoms with van der Waals surface area (Å²) >= 11 is 2.25. The van der Waals surface area contributed by atoms with E-state index in [0.29, 0.717) is 5.56 Å². The van der Waals surface area contributed by atoms with Gasteiger partial charge in [0.1, 0.15) is 5.82 Å². The van der Waals surface area contributed by atoms with E-state index >= 15 is 0 Å². The Morgan fingerprint density at radius 2 is 2.31 bits per heavy atom. The number of hydrogen-bond donors (Lipinski definition) is 1. The van der Waals surface area contributed by atoms with Crippen molar-refractivity contribution in [3.05, 3.63) is 35.1 Å². The Morgan fingerprint density at radius 3 is 2.88 bits per heavy atom. The highest BCUT2D eigenvalue weighted by atomic mass is 127. The number of alkyl halides is 1. The van der Waals surface area contributed by atoms with Crippen molar-refractivity contribution in [2.75, 3.05) is 4.43 Å². The van der Waals surface area contributed by atoms with Gasteiger partial charge in [-0.15, -0.1) is 0 Å². The number of benzene rings is 1. The molecule has 1 aromatic carbocycles. The summed E-state index contributed by atoms with van der Waals surface area (Å²) in [5, 5.41) is 2.92. The molecule has 1 fully saturated rings. The van der Waals surface area contributed by atoms with Gasteiger partial charge in [0, 0.05) is 10.5 Å². The normalized spacial score (nSPS) is 24.6. The van der Waals surface area contributed by atoms with Gasteiger partial charge >= 0.3 is 0 Å². The van der Waals surface area contributed by atoms with Crippen LogP contribution >= 0.6 is 22.6 Å². The number of halogens is 2. The fourth-order valence-corrected chi connectivity index (χ4v) is 2.55. The van der Waals surface area contributed by atoms with E-state index in [1.165, 1.54) is 6.07 Å². The maximum atomic E-state index is 13.4. The molecule has 1 N–H and O–H groups in total. The zero-order chi connectivity index (χ0) is 11.7. The van der Waals surface area contributed by atoms with Crippen LogP contribution in [0.4, 0.5) is 4.39 Å². The first-order valence-corrected chi connectivity index (χ1v) is 6.76. The minimum absolute atomic E-state index is 0.0184. The molecule has 0 radical (unpaired) electrons. The number of carbonyl (C=O) groups is 1. The van der Waals surface area contributed by atoms with Crippen molar-refractivity contribution in [3.8, 4) is 0 Å². The van der Waals surface area contributed by atoms with Gasteiger partial charge in [-0.2, -0.15) is 0 Å². The second kappa shape index (κ2) is 4.69. The van der Waals surface area contributed by atoms with Crippen LogP contribution < -0.4 is 5.32 Å². The van der Waals surface area contributed by atoms with Gasteiger partial charge in [0.2, 0.25) is 5.91 Å². The Labute approximate surface area is 108 Å². The van der Waals surface area contributed by atoms with E-state index in [-0.39, 0.29) is 23.7 Å². The molecule has 1 saturated heterocycles. The SMILES string of the molecule is Cc1ccc([C@@H]2CC(CI)NC2=O)cc1F. The topological polar surface area (TPSA) is 29.1 Å². The lowest BCUT2D eigenvalue weighted by Crippen LogP contribution is -2.26. The highest BCUT2D eigenvalue weighted by Crippen LogP contribution is 2.28. The van der Waals surface area contributed by atoms with Crippen molar-refractivity contribution in [1.29, 1.82) is 0 Å². The summed E-state index contributed by atoms with van der Waals surface area (Å²) in [7, 11) is 0. The molecule has 1 aromatic rings. The van der Waals surface area contributed by atoms with Crippen LogP contribution in [-0.2, 0) is 4.79 Å². The first-order chi connectivity index (χ1) is 7.61. The Kier molecular flexibility index (Phi) is 3.47. The van der Waals surface area contributed by atoms with E-state index in [4.69, 9.17) is 0 Å². The number of rotatable bonds is 2. The summed E-state index contributed by atoms with van der Waals surface area (Å²) in [4.78, 5) is 11.7. The minimum Gasteiger partial charge on any atom is -0.352 e. The molecular formula is C12H13FINO. The molecule has 0 saturated carbocycles. The molecule has 16 heavy (non-hydrogen) atoms. The standard InChI is InChI=1S/C12H13FINO/c1-7-2-3-8(4-11(7)13)10-5-9(6-14)15-12(10)16/h2-4,9-10H,5-6H2,1H3,(H,15,16)/t9?,10-/m0/s1. The van der Waals surface area contributed by atoms with E-state index in [0.717, 1.165) is 16.4 Å². The zero-order valence-electron chi connectivity index (χ0n) is 8.97. The minimum atomic E-state index is -0.233. The average molecular weight is 333 g/mol. The third kappa shape index (κ3) is 2.21. The first kappa shape index (κ1) is 11.8. The molecule has 1 aliphatic rings. The Bertz CT molecular complexity index is 421. The quantitative estimate of drug-likeness (QED) is 0.654. The molecule has 2 rings (SSSR count). The molecule has 1 heterocycles. The highest BCUT2D eigenvalue weighted by Gasteiger charge is 2.32. The molecule has 4 heteroatoms. The van der Waals surface area contributed by atoms with Crippen molar-refractivity contribution < 1.29 is 9.18 Å². The molecule has 86 valence electrons. The van der Waals surface area contributed by atoms with Crippen LogP contribution in [0.25, 0.3) is 0 Å². The molecule has 0 spiro atoms. The van der Waals surface area contributed by atoms with Crippen LogP contribution in [-0.4, -0.2) is 16.4 Å². The second-order valence-corrected chi connectivity index (χ2v) is 5.04. The van der Waals surface area contributed by atoms with Crippen LogP contribution in [0.5, 0.6) is 0 Å². The van der Waals surface area contributed by atoms with Crippen LogP contribution in [0.3, 0.4) is 0 Å². The lowest BCUT2D eigenvalue weighted by molar-refractivity contribution is -0.120. The average Bonchev–Trinajstić information content (AvgIpc) is 2.64. The summed E-state index contributed by atoms with van der Waals surface area (Å²) in [6.07, 6.45) is 0.768. The van der Waals surface area contributed by atoms with Crippen LogP contribution in [0.2, 0.25) is 0 Å². The van der Waals surface area contributed by atoms with Gasteiger partial charge in [0.05, 0.1) is 5.92 Å². The van der Waals surface area contributed by atoms with Gasteiger partial charge in [-0.25, -0.2) is 4.39 Å². The van der Waals surface area contributed by atoms with Gasteiger partial charge in [0.15, 0.2) is 0 Å². The summed E-state index contributed by atoms with van der Waals surface area (Å²) in [6.45, 7) is 1.72. The van der Waals surface area contributed by atoms with Crippen molar-refractivity contribution in [2.45, 2.75) is 25.3 Å². The van der Waals surface area contributed by atoms with E-state index < -0.39 is 0 Å². The van der Waals surface area contributed by atoms with Crippen LogP contribution in [0.1, 0.15) is 23.5 Å². The predicted molar refractivity (Wildman–Crippen MR) is 69.3 cm³/mol. The monoisotopic (exact) mass is 333 g/mol. The Hall–Kier alpha value is -0.650. The third-order valence-corrected chi connectivity index (χ3v) is 4.03. The first-order valence-electron chi connectivity index (χ1n) is 5.24. The summed E-state index contributed by atoms with van der Waals surface area (Å²) in [5.41, 5.74) is 1.40. The molecule has 2 nitrogen and oxygen atoms in total. The molecule has 2 atom stereocenters. The van der Waals surface area contributed by atoms with Crippen LogP contribution in [0.15, 0.2) is 18.2 Å². The summed E-state index contributed by atoms with van der Waals surface area (Å²) < 4.78 is 14.3. The molecule has 0 bridgehead atoms. The van der Waals surface area contributed by atoms with E-state index in [1.54, 1.807) is 13.0 Å². The van der Waals surface area contributed by atoms with Gasteiger partial charge < -0.3 is 5.32 Å². The molecule has 0 aliphatic carbocycles. The fourth-order valence-electron chi connectivity index (χ4n) is 1.97. The van der Waals surface area contributed by atoms with Crippen LogP contribution in [0, 0.1) is 12.7 Å². The molecule has 0 aromatic heterocycles. The maximum Gasteiger partial charge on any atom is 0.227 e. The maximum absolute atomic E-state index is 13.4. The number of nitrogens with one attached hydrogen (secondary N) is 1. The third-order valence-electron chi connectivity index (χ3n) is 2.97. The van der Waals surface area contributed by atoms with Crippen molar-refractivity contribution >= 4 is 28.5 Å². The Morgan fingerprint density at radius 1 is 1.56 bits per heavy atom. The summed E-state index contributed by atoms with van der Waals surface area (Å²) in [5.74, 6) is -0.400. The number of amides is 1. The molecule has 1 amide bonds. The van der Waals surface area contributed by atoms with E-state index in [9.17, 15) is 9.18 Å². The van der Waals surface area contributed by atoms with E-state index in [1.807, 2.05) is 6.07 Å². The van der Waals surface area contributed by atoms with E-state index in [2.05, 4.69) is 27.9 Å². The fraction of sp³-hybridized carbons (Fsp3) is 0.417. The van der Waals surface area contributed by atoms with Gasteiger partial charge in [-0.05, 0) is 30.5 Å². The number of aryl methyl sites for hydroxylation is 1. The zero-order valence-corrected chi connectivity index (χ0v) is 11.1. The summed E-state index contributed by atoms with van der Waals surface area (Å²) in [6, 6.07) is 5.28. The number of hydrogen-bond acceptors (Lipinski definition) is 1. The predicted octanol–water partition coefficient (Wildman–Crippen LogP) is 2.54. The van der Waals surface area contributed by atoms with Gasteiger partial charge in [0.25, 0.3) is 0 Å². The molecule has 1 unspecified atom stereocenters. The second-order valence-electron chi connectivity index (χ2n) is 4.16. The molecular weight excluding hydrogens is 320 g/mol. The van der Waals surface area contributed by atoms with Crippen molar-refractivity contribution in [3.63, 3.8) is 0 Å². The molecule has 1 aliphatic heterocycles. The lowest BCUT2D eigenvalue weighted by atomic mass is 9.95. The van der Waals surface area contributed by atoms with Gasteiger partial charge in [-0.1, -0.05) is 34.7 Å². The Balaban J connectivity index is 2.24. The smallest absolute Gasteiger partial charge is 0.227 e. The number of carbonyl (C=O) groups excluding carboxylic acids is 1. The lowest BCUT2D eigenvalue weighted by Gasteiger charge is -2.08. The van der Waals surface area contributed by atoms with Crippen molar-refractivity contribution in [2.24, 2.45) is 0 Å². The van der Waals surface area contributed by atoms with Crippen molar-refractivity contribution in [1.82, 2.24) is 5.32 Å².